The van der Waals surface area contributed by atoms with E-state index in [0.29, 0.717) is 6.42 Å². The van der Waals surface area contributed by atoms with E-state index >= 15 is 0 Å². The van der Waals surface area contributed by atoms with Gasteiger partial charge < -0.3 is 5.73 Å². The lowest BCUT2D eigenvalue weighted by Crippen LogP contribution is -2.14. The molecule has 1 aliphatic rings. The van der Waals surface area contributed by atoms with Gasteiger partial charge >= 0.3 is 0 Å². The van der Waals surface area contributed by atoms with Crippen LogP contribution < -0.4 is 5.73 Å². The van der Waals surface area contributed by atoms with E-state index in [2.05, 4.69) is 0 Å². The van der Waals surface area contributed by atoms with Crippen LogP contribution in [-0.4, -0.2) is 11.8 Å². The van der Waals surface area contributed by atoms with E-state index in [1.54, 1.807) is 12.2 Å². The van der Waals surface area contributed by atoms with Crippen LogP contribution in [0.15, 0.2) is 12.2 Å². The summed E-state index contributed by atoms with van der Waals surface area (Å²) in [5.41, 5.74) is 5.56. The minimum Gasteiger partial charge on any atom is -0.324 e. The molecule has 0 fully saturated rings. The summed E-state index contributed by atoms with van der Waals surface area (Å²) in [4.78, 5) is 10.7. The van der Waals surface area contributed by atoms with Crippen LogP contribution in [0.2, 0.25) is 0 Å². The lowest BCUT2D eigenvalue weighted by molar-refractivity contribution is -0.114. The Morgan fingerprint density at radius 3 is 3.22 bits per heavy atom. The molecule has 1 rings (SSSR count). The van der Waals surface area contributed by atoms with Crippen molar-refractivity contribution in [3.8, 4) is 0 Å². The van der Waals surface area contributed by atoms with Crippen molar-refractivity contribution in [1.29, 1.82) is 0 Å². The van der Waals surface area contributed by atoms with Gasteiger partial charge in [-0.25, -0.2) is 0 Å². The Morgan fingerprint density at radius 1 is 1.67 bits per heavy atom. The third-order valence-electron chi connectivity index (χ3n) is 1.49. The quantitative estimate of drug-likeness (QED) is 0.515. The second kappa shape index (κ2) is 2.78. The maximum atomic E-state index is 10.7. The maximum absolute atomic E-state index is 10.7. The summed E-state index contributed by atoms with van der Waals surface area (Å²) in [6, 6.07) is 0.108. The Balaban J connectivity index is 2.52. The highest BCUT2D eigenvalue weighted by molar-refractivity contribution is 5.89. The fraction of sp³-hybridized carbons (Fsp3) is 0.571. The molecule has 0 aromatic rings. The summed E-state index contributed by atoms with van der Waals surface area (Å²) >= 11 is 0. The first-order valence-electron chi connectivity index (χ1n) is 3.25. The van der Waals surface area contributed by atoms with Crippen LogP contribution in [0.5, 0.6) is 0 Å². The van der Waals surface area contributed by atoms with Gasteiger partial charge in [-0.2, -0.15) is 0 Å². The molecule has 0 spiro atoms. The third-order valence-corrected chi connectivity index (χ3v) is 1.49. The number of nitrogens with two attached hydrogens (primary N) is 1. The summed E-state index contributed by atoms with van der Waals surface area (Å²) in [6.45, 7) is 0. The van der Waals surface area contributed by atoms with Gasteiger partial charge in [-0.05, 0) is 18.9 Å². The molecule has 0 bridgehead atoms. The zero-order valence-corrected chi connectivity index (χ0v) is 5.34. The van der Waals surface area contributed by atoms with Crippen molar-refractivity contribution in [2.45, 2.75) is 25.3 Å². The van der Waals surface area contributed by atoms with Crippen molar-refractivity contribution in [3.05, 3.63) is 12.2 Å². The molecule has 0 aromatic carbocycles. The van der Waals surface area contributed by atoms with Gasteiger partial charge in [0.1, 0.15) is 0 Å². The Labute approximate surface area is 54.7 Å². The topological polar surface area (TPSA) is 43.1 Å². The summed E-state index contributed by atoms with van der Waals surface area (Å²) in [5, 5.41) is 0. The van der Waals surface area contributed by atoms with Crippen LogP contribution in [-0.2, 0) is 4.79 Å². The van der Waals surface area contributed by atoms with Gasteiger partial charge in [0, 0.05) is 12.5 Å². The number of rotatable bonds is 0. The molecule has 0 saturated carbocycles. The van der Waals surface area contributed by atoms with Gasteiger partial charge in [0.2, 0.25) is 0 Å². The number of ketones is 1. The molecule has 0 heterocycles. The minimum atomic E-state index is 0.108. The van der Waals surface area contributed by atoms with E-state index in [1.165, 1.54) is 0 Å². The first-order valence-corrected chi connectivity index (χ1v) is 3.25. The second-order valence-electron chi connectivity index (χ2n) is 2.38. The van der Waals surface area contributed by atoms with Gasteiger partial charge in [0.05, 0.1) is 0 Å². The normalized spacial score (nSPS) is 28.1. The Kier molecular flexibility index (Phi) is 2.01. The molecular formula is C7H11NO. The lowest BCUT2D eigenvalue weighted by Gasteiger charge is -1.98. The Hall–Kier alpha value is -0.630. The third kappa shape index (κ3) is 1.98. The highest BCUT2D eigenvalue weighted by Crippen LogP contribution is 2.06. The van der Waals surface area contributed by atoms with Crippen LogP contribution in [0.3, 0.4) is 0 Å². The van der Waals surface area contributed by atoms with Crippen molar-refractivity contribution in [2.75, 3.05) is 0 Å². The smallest absolute Gasteiger partial charge is 0.155 e. The summed E-state index contributed by atoms with van der Waals surface area (Å²) in [7, 11) is 0. The van der Waals surface area contributed by atoms with Gasteiger partial charge in [-0.3, -0.25) is 4.79 Å². The van der Waals surface area contributed by atoms with Crippen molar-refractivity contribution in [3.63, 3.8) is 0 Å². The molecule has 1 atom stereocenters. The second-order valence-corrected chi connectivity index (χ2v) is 2.38. The Bertz CT molecular complexity index is 140. The minimum absolute atomic E-state index is 0.108. The van der Waals surface area contributed by atoms with Gasteiger partial charge in [-0.1, -0.05) is 6.08 Å². The van der Waals surface area contributed by atoms with Crippen LogP contribution in [0.1, 0.15) is 19.3 Å². The van der Waals surface area contributed by atoms with Crippen molar-refractivity contribution >= 4 is 5.78 Å². The van der Waals surface area contributed by atoms with Gasteiger partial charge in [-0.15, -0.1) is 0 Å². The van der Waals surface area contributed by atoms with Crippen LogP contribution in [0.25, 0.3) is 0 Å². The number of hydrogen-bond acceptors (Lipinski definition) is 2. The average molecular weight is 125 g/mol. The summed E-state index contributed by atoms with van der Waals surface area (Å²) in [5.74, 6) is 0.211. The predicted octanol–water partition coefficient (Wildman–Crippen LogP) is 0.623. The van der Waals surface area contributed by atoms with Gasteiger partial charge in [0.15, 0.2) is 5.78 Å². The molecule has 50 valence electrons. The van der Waals surface area contributed by atoms with Crippen LogP contribution in [0, 0.1) is 0 Å². The van der Waals surface area contributed by atoms with E-state index in [1.807, 2.05) is 0 Å². The van der Waals surface area contributed by atoms with E-state index in [4.69, 9.17) is 5.73 Å². The highest BCUT2D eigenvalue weighted by Gasteiger charge is 2.05. The van der Waals surface area contributed by atoms with E-state index in [9.17, 15) is 4.79 Å². The predicted molar refractivity (Wildman–Crippen MR) is 36.0 cm³/mol. The van der Waals surface area contributed by atoms with E-state index in [-0.39, 0.29) is 11.8 Å². The van der Waals surface area contributed by atoms with Crippen LogP contribution >= 0.6 is 0 Å². The lowest BCUT2D eigenvalue weighted by atomic mass is 10.2. The molecule has 0 radical (unpaired) electrons. The Morgan fingerprint density at radius 2 is 2.44 bits per heavy atom. The molecule has 2 heteroatoms. The highest BCUT2D eigenvalue weighted by atomic mass is 16.1. The van der Waals surface area contributed by atoms with E-state index in [0.717, 1.165) is 12.8 Å². The number of carbonyl (C=O) groups is 1. The standard InChI is InChI=1S/C7H11NO/c8-6-2-1-3-7(9)5-4-6/h4-6H,1-3,8H2. The van der Waals surface area contributed by atoms with Crippen molar-refractivity contribution in [1.82, 2.24) is 0 Å². The molecule has 0 aromatic heterocycles. The fourth-order valence-corrected chi connectivity index (χ4v) is 0.922. The molecule has 0 amide bonds. The fourth-order valence-electron chi connectivity index (χ4n) is 0.922. The molecule has 1 aliphatic carbocycles. The molecule has 0 saturated heterocycles. The van der Waals surface area contributed by atoms with Crippen LogP contribution in [0.4, 0.5) is 0 Å². The zero-order valence-electron chi connectivity index (χ0n) is 5.34. The van der Waals surface area contributed by atoms with Crippen molar-refractivity contribution < 1.29 is 4.79 Å². The molecule has 1 unspecified atom stereocenters. The first kappa shape index (κ1) is 6.49. The molecule has 0 aliphatic heterocycles. The number of carbonyl (C=O) groups excluding carboxylic acids is 1. The molecular weight excluding hydrogens is 114 g/mol. The number of allylic oxidation sites excluding steroid dienone is 1. The largest absolute Gasteiger partial charge is 0.324 e. The number of hydrogen-bond donors (Lipinski definition) is 1. The first-order chi connectivity index (χ1) is 4.29. The van der Waals surface area contributed by atoms with Crippen molar-refractivity contribution in [2.24, 2.45) is 5.73 Å². The summed E-state index contributed by atoms with van der Waals surface area (Å²) < 4.78 is 0. The summed E-state index contributed by atoms with van der Waals surface area (Å²) in [6.07, 6.45) is 5.94. The zero-order chi connectivity index (χ0) is 6.69. The molecule has 9 heavy (non-hydrogen) atoms. The maximum Gasteiger partial charge on any atom is 0.155 e. The average Bonchev–Trinajstić information content (AvgIpc) is 1.97. The van der Waals surface area contributed by atoms with E-state index < -0.39 is 0 Å². The molecule has 2 nitrogen and oxygen atoms in total. The molecule has 2 N–H and O–H groups in total. The monoisotopic (exact) mass is 125 g/mol. The van der Waals surface area contributed by atoms with Gasteiger partial charge in [0.25, 0.3) is 0 Å². The SMILES string of the molecule is NC1C=CC(=O)CCC1.